The molecule has 204 valence electrons. The van der Waals surface area contributed by atoms with E-state index in [1.807, 2.05) is 6.07 Å². The summed E-state index contributed by atoms with van der Waals surface area (Å²) in [4.78, 5) is 19.0. The Morgan fingerprint density at radius 2 is 0.914 bits per heavy atom. The van der Waals surface area contributed by atoms with Crippen LogP contribution in [0.4, 0.5) is 0 Å². The Hall–Kier alpha value is -0.630. The molecular formula is C31H57O3P. The van der Waals surface area contributed by atoms with Gasteiger partial charge < -0.3 is 14.3 Å². The van der Waals surface area contributed by atoms with Crippen LogP contribution in [-0.2, 0) is 12.8 Å². The molecule has 3 nitrogen and oxygen atoms in total. The lowest BCUT2D eigenvalue weighted by molar-refractivity contribution is 0.372. The van der Waals surface area contributed by atoms with E-state index in [4.69, 9.17) is 4.52 Å². The van der Waals surface area contributed by atoms with Gasteiger partial charge in [0.05, 0.1) is 0 Å². The van der Waals surface area contributed by atoms with Crippen LogP contribution in [0.25, 0.3) is 0 Å². The molecule has 0 amide bonds. The van der Waals surface area contributed by atoms with Crippen molar-refractivity contribution in [3.63, 3.8) is 0 Å². The van der Waals surface area contributed by atoms with Crippen molar-refractivity contribution < 1.29 is 14.3 Å². The molecular weight excluding hydrogens is 451 g/mol. The largest absolute Gasteiger partial charge is 0.427 e. The van der Waals surface area contributed by atoms with E-state index in [-0.39, 0.29) is 0 Å². The summed E-state index contributed by atoms with van der Waals surface area (Å²) in [5.41, 5.74) is 3.92. The van der Waals surface area contributed by atoms with Crippen molar-refractivity contribution in [1.29, 1.82) is 0 Å². The Kier molecular flexibility index (Phi) is 20.9. The fraction of sp³-hybridized carbons (Fsp3) is 0.806. The zero-order valence-corrected chi connectivity index (χ0v) is 24.4. The average Bonchev–Trinajstić information content (AvgIpc) is 2.83. The fourth-order valence-electron chi connectivity index (χ4n) is 5.16. The number of hydrogen-bond acceptors (Lipinski definition) is 3. The maximum Gasteiger partial charge on any atom is 0.391 e. The minimum Gasteiger partial charge on any atom is -0.427 e. The third-order valence-corrected chi connectivity index (χ3v) is 7.72. The molecule has 2 N–H and O–H groups in total. The highest BCUT2D eigenvalue weighted by Crippen LogP contribution is 2.36. The van der Waals surface area contributed by atoms with Crippen molar-refractivity contribution in [3.8, 4) is 5.75 Å². The molecule has 0 aliphatic heterocycles. The molecule has 0 bridgehead atoms. The van der Waals surface area contributed by atoms with Crippen molar-refractivity contribution in [1.82, 2.24) is 0 Å². The molecule has 0 fully saturated rings. The minimum atomic E-state index is -2.38. The van der Waals surface area contributed by atoms with Gasteiger partial charge in [-0.25, -0.2) is 0 Å². The Labute approximate surface area is 219 Å². The Bertz CT molecular complexity index is 617. The molecule has 0 spiro atoms. The lowest BCUT2D eigenvalue weighted by Crippen LogP contribution is -2.02. The highest BCUT2D eigenvalue weighted by atomic mass is 31.2. The fourth-order valence-corrected chi connectivity index (χ4v) is 5.51. The Balaban J connectivity index is 2.42. The van der Waals surface area contributed by atoms with Crippen LogP contribution in [0.15, 0.2) is 12.1 Å². The molecule has 0 heterocycles. The van der Waals surface area contributed by atoms with Crippen molar-refractivity contribution in [2.45, 2.75) is 162 Å². The second-order valence-corrected chi connectivity index (χ2v) is 11.2. The van der Waals surface area contributed by atoms with E-state index in [1.54, 1.807) is 0 Å². The van der Waals surface area contributed by atoms with E-state index in [1.165, 1.54) is 139 Å². The molecule has 4 heteroatoms. The highest BCUT2D eigenvalue weighted by Gasteiger charge is 2.15. The molecule has 0 saturated heterocycles. The average molecular weight is 509 g/mol. The summed E-state index contributed by atoms with van der Waals surface area (Å²) in [6.45, 7) is 6.74. The smallest absolute Gasteiger partial charge is 0.391 e. The van der Waals surface area contributed by atoms with E-state index in [0.29, 0.717) is 5.75 Å². The van der Waals surface area contributed by atoms with E-state index in [2.05, 4.69) is 26.8 Å². The van der Waals surface area contributed by atoms with Crippen molar-refractivity contribution in [3.05, 3.63) is 28.8 Å². The van der Waals surface area contributed by atoms with Gasteiger partial charge >= 0.3 is 8.60 Å². The molecule has 0 aliphatic rings. The summed E-state index contributed by atoms with van der Waals surface area (Å²) in [5, 5.41) is 0. The van der Waals surface area contributed by atoms with Crippen molar-refractivity contribution in [2.75, 3.05) is 0 Å². The monoisotopic (exact) mass is 508 g/mol. The van der Waals surface area contributed by atoms with E-state index in [0.717, 1.165) is 19.3 Å². The first-order chi connectivity index (χ1) is 17.1. The maximum atomic E-state index is 9.50. The predicted octanol–water partition coefficient (Wildman–Crippen LogP) is 10.5. The van der Waals surface area contributed by atoms with Crippen LogP contribution in [0.3, 0.4) is 0 Å². The summed E-state index contributed by atoms with van der Waals surface area (Å²) in [6, 6.07) is 4.02. The third-order valence-electron chi connectivity index (χ3n) is 7.36. The summed E-state index contributed by atoms with van der Waals surface area (Å²) < 4.78 is 5.46. The Morgan fingerprint density at radius 1 is 0.543 bits per heavy atom. The zero-order chi connectivity index (χ0) is 25.6. The quantitative estimate of drug-likeness (QED) is 0.108. The SMILES string of the molecule is CCCCCCCCCCCCc1c(C)ccc(OP(O)O)c1CCCCCCCCCCCC. The van der Waals surface area contributed by atoms with Crippen LogP contribution in [0.1, 0.15) is 159 Å². The summed E-state index contributed by atoms with van der Waals surface area (Å²) >= 11 is 0. The number of aryl methyl sites for hydroxylation is 1. The third kappa shape index (κ3) is 16.7. The van der Waals surface area contributed by atoms with E-state index >= 15 is 0 Å². The van der Waals surface area contributed by atoms with Gasteiger partial charge in [0.2, 0.25) is 0 Å². The van der Waals surface area contributed by atoms with Crippen LogP contribution < -0.4 is 4.52 Å². The maximum absolute atomic E-state index is 9.50. The van der Waals surface area contributed by atoms with Crippen molar-refractivity contribution in [2.24, 2.45) is 0 Å². The lowest BCUT2D eigenvalue weighted by atomic mass is 9.92. The van der Waals surface area contributed by atoms with Crippen LogP contribution in [0.2, 0.25) is 0 Å². The topological polar surface area (TPSA) is 49.7 Å². The van der Waals surface area contributed by atoms with Gasteiger partial charge in [-0.05, 0) is 55.4 Å². The standard InChI is InChI=1S/C31H57O3P/c1-4-6-8-10-12-14-16-18-20-22-24-29-28(3)26-27-31(34-35(32)33)30(29)25-23-21-19-17-15-13-11-9-7-5-2/h26-27,32-33H,4-25H2,1-3H3. The minimum absolute atomic E-state index is 0.685. The zero-order valence-electron chi connectivity index (χ0n) is 23.5. The molecule has 0 saturated carbocycles. The van der Waals surface area contributed by atoms with Gasteiger partial charge in [0.15, 0.2) is 0 Å². The van der Waals surface area contributed by atoms with Gasteiger partial charge in [-0.2, -0.15) is 0 Å². The first kappa shape index (κ1) is 32.4. The normalized spacial score (nSPS) is 11.5. The summed E-state index contributed by atoms with van der Waals surface area (Å²) in [7, 11) is -2.38. The molecule has 0 atom stereocenters. The first-order valence-electron chi connectivity index (χ1n) is 15.1. The predicted molar refractivity (Wildman–Crippen MR) is 154 cm³/mol. The van der Waals surface area contributed by atoms with E-state index in [9.17, 15) is 9.79 Å². The highest BCUT2D eigenvalue weighted by molar-refractivity contribution is 7.39. The second kappa shape index (κ2) is 22.6. The van der Waals surface area contributed by atoms with Crippen molar-refractivity contribution >= 4 is 8.60 Å². The molecule has 1 aromatic carbocycles. The van der Waals surface area contributed by atoms with Gasteiger partial charge in [0.1, 0.15) is 5.75 Å². The number of benzene rings is 1. The first-order valence-corrected chi connectivity index (χ1v) is 16.2. The van der Waals surface area contributed by atoms with Gasteiger partial charge in [0, 0.05) is 0 Å². The summed E-state index contributed by atoms with van der Waals surface area (Å²) in [6.07, 6.45) is 28.8. The Morgan fingerprint density at radius 3 is 1.31 bits per heavy atom. The van der Waals surface area contributed by atoms with Crippen LogP contribution in [-0.4, -0.2) is 9.79 Å². The molecule has 1 aromatic rings. The van der Waals surface area contributed by atoms with Gasteiger partial charge in [-0.15, -0.1) is 0 Å². The van der Waals surface area contributed by atoms with Gasteiger partial charge in [0.25, 0.3) is 0 Å². The second-order valence-electron chi connectivity index (χ2n) is 10.5. The molecule has 0 unspecified atom stereocenters. The van der Waals surface area contributed by atoms with Crippen LogP contribution >= 0.6 is 8.60 Å². The van der Waals surface area contributed by atoms with E-state index < -0.39 is 8.60 Å². The molecule has 0 aliphatic carbocycles. The number of unbranched alkanes of at least 4 members (excludes halogenated alkanes) is 18. The lowest BCUT2D eigenvalue weighted by Gasteiger charge is -2.18. The molecule has 1 rings (SSSR count). The van der Waals surface area contributed by atoms with Gasteiger partial charge in [-0.1, -0.05) is 135 Å². The number of rotatable bonds is 24. The summed E-state index contributed by atoms with van der Waals surface area (Å²) in [5.74, 6) is 0.685. The molecule has 0 aromatic heterocycles. The van der Waals surface area contributed by atoms with Crippen LogP contribution in [0, 0.1) is 6.92 Å². The molecule has 0 radical (unpaired) electrons. The number of hydrogen-bond donors (Lipinski definition) is 2. The van der Waals surface area contributed by atoms with Gasteiger partial charge in [-0.3, -0.25) is 0 Å². The van der Waals surface area contributed by atoms with Crippen LogP contribution in [0.5, 0.6) is 5.75 Å². The molecule has 35 heavy (non-hydrogen) atoms.